The molecule has 0 aliphatic carbocycles. The molecule has 0 aliphatic rings. The fraction of sp³-hybridized carbons (Fsp3) is 0.250. The molecule has 2 aromatic carbocycles. The maximum Gasteiger partial charge on any atom is 0.419 e. The number of non-ortho nitro benzene ring substituents is 1. The molecule has 1 amide bonds. The van der Waals surface area contributed by atoms with E-state index in [-0.39, 0.29) is 37.2 Å². The van der Waals surface area contributed by atoms with Crippen molar-refractivity contribution in [2.24, 2.45) is 0 Å². The van der Waals surface area contributed by atoms with Gasteiger partial charge in [-0.1, -0.05) is 23.7 Å². The first-order chi connectivity index (χ1) is 14.8. The summed E-state index contributed by atoms with van der Waals surface area (Å²) in [6, 6.07) is 10.9. The van der Waals surface area contributed by atoms with Crippen molar-refractivity contribution in [3.8, 4) is 0 Å². The number of hydrogen-bond acceptors (Lipinski definition) is 7. The molecule has 1 aromatic heterocycles. The molecular weight excluding hydrogens is 430 g/mol. The SMILES string of the molecule is O=C(COC(=O)CCCn1c(=O)oc2cc([N+](=O)[O-])ccc21)NCc1cccc(Cl)c1. The van der Waals surface area contributed by atoms with E-state index in [0.717, 1.165) is 5.56 Å². The van der Waals surface area contributed by atoms with Gasteiger partial charge in [0.15, 0.2) is 12.2 Å². The number of fused-ring (bicyclic) bond motifs is 1. The first-order valence-electron chi connectivity index (χ1n) is 9.28. The topological polar surface area (TPSA) is 134 Å². The lowest BCUT2D eigenvalue weighted by Crippen LogP contribution is -2.28. The van der Waals surface area contributed by atoms with Crippen LogP contribution in [0.4, 0.5) is 5.69 Å². The number of ether oxygens (including phenoxy) is 1. The maximum absolute atomic E-state index is 12.0. The van der Waals surface area contributed by atoms with Gasteiger partial charge in [-0.2, -0.15) is 0 Å². The summed E-state index contributed by atoms with van der Waals surface area (Å²) >= 11 is 5.87. The summed E-state index contributed by atoms with van der Waals surface area (Å²) in [5.41, 5.74) is 1.11. The Kier molecular flexibility index (Phi) is 7.03. The summed E-state index contributed by atoms with van der Waals surface area (Å²) in [4.78, 5) is 45.9. The zero-order valence-electron chi connectivity index (χ0n) is 16.2. The molecule has 0 bridgehead atoms. The smallest absolute Gasteiger partial charge is 0.419 e. The van der Waals surface area contributed by atoms with Crippen molar-refractivity contribution >= 4 is 40.3 Å². The minimum atomic E-state index is -0.677. The Hall–Kier alpha value is -3.66. The zero-order chi connectivity index (χ0) is 22.4. The van der Waals surface area contributed by atoms with Crippen LogP contribution in [0.1, 0.15) is 18.4 Å². The first kappa shape index (κ1) is 22.0. The van der Waals surface area contributed by atoms with Gasteiger partial charge in [-0.3, -0.25) is 24.3 Å². The predicted molar refractivity (Wildman–Crippen MR) is 111 cm³/mol. The number of hydrogen-bond donors (Lipinski definition) is 1. The van der Waals surface area contributed by atoms with Gasteiger partial charge in [-0.15, -0.1) is 0 Å². The van der Waals surface area contributed by atoms with E-state index in [1.807, 2.05) is 0 Å². The van der Waals surface area contributed by atoms with Gasteiger partial charge in [-0.25, -0.2) is 4.79 Å². The Bertz CT molecular complexity index is 1180. The summed E-state index contributed by atoms with van der Waals surface area (Å²) < 4.78 is 11.2. The molecule has 0 saturated heterocycles. The number of oxazole rings is 1. The van der Waals surface area contributed by atoms with Crippen molar-refractivity contribution in [2.75, 3.05) is 6.61 Å². The molecule has 162 valence electrons. The van der Waals surface area contributed by atoms with Crippen molar-refractivity contribution in [3.05, 3.63) is 73.7 Å². The quantitative estimate of drug-likeness (QED) is 0.303. The molecule has 1 N–H and O–H groups in total. The van der Waals surface area contributed by atoms with Crippen molar-refractivity contribution in [3.63, 3.8) is 0 Å². The highest BCUT2D eigenvalue weighted by atomic mass is 35.5. The van der Waals surface area contributed by atoms with Crippen molar-refractivity contribution < 1.29 is 23.7 Å². The van der Waals surface area contributed by atoms with E-state index >= 15 is 0 Å². The maximum atomic E-state index is 12.0. The van der Waals surface area contributed by atoms with Gasteiger partial charge in [0.1, 0.15) is 0 Å². The monoisotopic (exact) mass is 447 g/mol. The number of carbonyl (C=O) groups excluding carboxylic acids is 2. The number of aromatic nitrogens is 1. The molecule has 0 unspecified atom stereocenters. The predicted octanol–water partition coefficient (Wildman–Crippen LogP) is 2.80. The van der Waals surface area contributed by atoms with Crippen LogP contribution in [0.2, 0.25) is 5.02 Å². The van der Waals surface area contributed by atoms with E-state index in [4.69, 9.17) is 20.8 Å². The number of carbonyl (C=O) groups is 2. The molecular formula is C20H18ClN3O7. The van der Waals surface area contributed by atoms with Crippen LogP contribution < -0.4 is 11.1 Å². The number of aryl methyl sites for hydroxylation is 1. The average Bonchev–Trinajstić information content (AvgIpc) is 3.05. The first-order valence-corrected chi connectivity index (χ1v) is 9.66. The van der Waals surface area contributed by atoms with Gasteiger partial charge in [0.05, 0.1) is 16.5 Å². The number of nitro benzene ring substituents is 1. The molecule has 10 nitrogen and oxygen atoms in total. The highest BCUT2D eigenvalue weighted by Crippen LogP contribution is 2.20. The third-order valence-electron chi connectivity index (χ3n) is 4.37. The fourth-order valence-corrected chi connectivity index (χ4v) is 3.09. The van der Waals surface area contributed by atoms with Crippen molar-refractivity contribution in [2.45, 2.75) is 25.9 Å². The molecule has 0 atom stereocenters. The van der Waals surface area contributed by atoms with Crippen LogP contribution in [0.5, 0.6) is 0 Å². The zero-order valence-corrected chi connectivity index (χ0v) is 17.0. The lowest BCUT2D eigenvalue weighted by molar-refractivity contribution is -0.384. The Labute approximate surface area is 180 Å². The van der Waals surface area contributed by atoms with Gasteiger partial charge in [0.25, 0.3) is 11.6 Å². The minimum Gasteiger partial charge on any atom is -0.456 e. The summed E-state index contributed by atoms with van der Waals surface area (Å²) in [5, 5.41) is 14.0. The number of amides is 1. The van der Waals surface area contributed by atoms with Crippen LogP contribution in [0.15, 0.2) is 51.7 Å². The number of nitrogens with one attached hydrogen (secondary N) is 1. The van der Waals surface area contributed by atoms with Crippen molar-refractivity contribution in [1.29, 1.82) is 0 Å². The van der Waals surface area contributed by atoms with Gasteiger partial charge in [0, 0.05) is 30.6 Å². The largest absolute Gasteiger partial charge is 0.456 e. The second-order valence-corrected chi connectivity index (χ2v) is 7.04. The molecule has 31 heavy (non-hydrogen) atoms. The highest BCUT2D eigenvalue weighted by Gasteiger charge is 2.15. The number of nitrogens with zero attached hydrogens (tertiary/aromatic N) is 2. The second-order valence-electron chi connectivity index (χ2n) is 6.60. The normalized spacial score (nSPS) is 10.7. The van der Waals surface area contributed by atoms with Crippen LogP contribution in [0.25, 0.3) is 11.1 Å². The van der Waals surface area contributed by atoms with Gasteiger partial charge in [0.2, 0.25) is 0 Å². The molecule has 0 aliphatic heterocycles. The minimum absolute atomic E-state index is 0.0202. The third kappa shape index (κ3) is 5.92. The Morgan fingerprint density at radius 2 is 2.03 bits per heavy atom. The fourth-order valence-electron chi connectivity index (χ4n) is 2.88. The highest BCUT2D eigenvalue weighted by molar-refractivity contribution is 6.30. The van der Waals surface area contributed by atoms with Gasteiger partial charge < -0.3 is 14.5 Å². The van der Waals surface area contributed by atoms with Gasteiger partial charge in [-0.05, 0) is 30.2 Å². The van der Waals surface area contributed by atoms with E-state index in [1.165, 1.54) is 22.8 Å². The standard InChI is InChI=1S/C20H18ClN3O7/c21-14-4-1-3-13(9-14)11-22-18(25)12-30-19(26)5-2-8-23-16-7-6-15(24(28)29)10-17(16)31-20(23)27/h1,3-4,6-7,9-10H,2,5,8,11-12H2,(H,22,25). The van der Waals surface area contributed by atoms with E-state index in [9.17, 15) is 24.5 Å². The molecule has 3 aromatic rings. The summed E-state index contributed by atoms with van der Waals surface area (Å²) in [5.74, 6) is -1.72. The molecule has 11 heteroatoms. The number of esters is 1. The Balaban J connectivity index is 1.44. The van der Waals surface area contributed by atoms with E-state index in [1.54, 1.807) is 24.3 Å². The molecule has 0 fully saturated rings. The Morgan fingerprint density at radius 1 is 1.23 bits per heavy atom. The Morgan fingerprint density at radius 3 is 2.77 bits per heavy atom. The van der Waals surface area contributed by atoms with Crippen LogP contribution >= 0.6 is 11.6 Å². The summed E-state index contributed by atoms with van der Waals surface area (Å²) in [7, 11) is 0. The van der Waals surface area contributed by atoms with E-state index in [0.29, 0.717) is 10.5 Å². The number of benzene rings is 2. The molecule has 0 radical (unpaired) electrons. The lowest BCUT2D eigenvalue weighted by atomic mass is 10.2. The number of halogens is 1. The summed E-state index contributed by atoms with van der Waals surface area (Å²) in [6.07, 6.45) is 0.238. The third-order valence-corrected chi connectivity index (χ3v) is 4.60. The number of nitro groups is 1. The van der Waals surface area contributed by atoms with E-state index in [2.05, 4.69) is 5.32 Å². The number of rotatable bonds is 9. The average molecular weight is 448 g/mol. The molecule has 0 saturated carbocycles. The van der Waals surface area contributed by atoms with Crippen LogP contribution in [-0.4, -0.2) is 28.0 Å². The lowest BCUT2D eigenvalue weighted by Gasteiger charge is -2.07. The van der Waals surface area contributed by atoms with Gasteiger partial charge >= 0.3 is 11.7 Å². The summed E-state index contributed by atoms with van der Waals surface area (Å²) in [6.45, 7) is -0.0110. The second kappa shape index (κ2) is 9.90. The van der Waals surface area contributed by atoms with Crippen LogP contribution in [-0.2, 0) is 27.4 Å². The van der Waals surface area contributed by atoms with Crippen LogP contribution in [0.3, 0.4) is 0 Å². The molecule has 0 spiro atoms. The molecule has 1 heterocycles. The molecule has 3 rings (SSSR count). The van der Waals surface area contributed by atoms with E-state index < -0.39 is 29.2 Å². The van der Waals surface area contributed by atoms with Crippen LogP contribution in [0, 0.1) is 10.1 Å². The van der Waals surface area contributed by atoms with Crippen molar-refractivity contribution in [1.82, 2.24) is 9.88 Å².